The molecular formula is C13H18O. The van der Waals surface area contributed by atoms with Gasteiger partial charge in [-0.1, -0.05) is 42.0 Å². The molecule has 0 aliphatic rings. The molecule has 0 aliphatic carbocycles. The van der Waals surface area contributed by atoms with E-state index >= 15 is 0 Å². The Morgan fingerprint density at radius 1 is 1.29 bits per heavy atom. The highest BCUT2D eigenvalue weighted by molar-refractivity contribution is 5.50. The van der Waals surface area contributed by atoms with E-state index in [2.05, 4.69) is 0 Å². The number of rotatable bonds is 3. The van der Waals surface area contributed by atoms with Gasteiger partial charge in [-0.2, -0.15) is 0 Å². The standard InChI is InChI=1S/C13H18O/c1-11-5-7-12(8-6-11)9-10-13(2,3)14-4/h5-10H,1-4H3/b10-9+/i1D. The highest BCUT2D eigenvalue weighted by atomic mass is 16.5. The summed E-state index contributed by atoms with van der Waals surface area (Å²) < 4.78 is 12.5. The molecule has 14 heavy (non-hydrogen) atoms. The lowest BCUT2D eigenvalue weighted by atomic mass is 10.1. The summed E-state index contributed by atoms with van der Waals surface area (Å²) in [6, 6.07) is 8.00. The fourth-order valence-electron chi connectivity index (χ4n) is 0.994. The van der Waals surface area contributed by atoms with Gasteiger partial charge in [0.25, 0.3) is 0 Å². The van der Waals surface area contributed by atoms with Crippen LogP contribution in [-0.4, -0.2) is 12.7 Å². The second-order valence-electron chi connectivity index (χ2n) is 3.88. The number of hydrogen-bond donors (Lipinski definition) is 0. The first-order valence-electron chi connectivity index (χ1n) is 5.41. The molecule has 0 bridgehead atoms. The average Bonchev–Trinajstić information content (AvgIpc) is 2.27. The van der Waals surface area contributed by atoms with E-state index in [1.165, 1.54) is 0 Å². The van der Waals surface area contributed by atoms with Crippen LogP contribution in [0.25, 0.3) is 6.08 Å². The van der Waals surface area contributed by atoms with Gasteiger partial charge < -0.3 is 4.74 Å². The van der Waals surface area contributed by atoms with Crippen LogP contribution in [0.15, 0.2) is 30.3 Å². The van der Waals surface area contributed by atoms with Crippen LogP contribution in [0, 0.1) is 6.90 Å². The highest BCUT2D eigenvalue weighted by Crippen LogP contribution is 2.12. The van der Waals surface area contributed by atoms with Crippen molar-refractivity contribution in [1.82, 2.24) is 0 Å². The van der Waals surface area contributed by atoms with E-state index in [9.17, 15) is 0 Å². The average molecular weight is 191 g/mol. The van der Waals surface area contributed by atoms with E-state index < -0.39 is 0 Å². The largest absolute Gasteiger partial charge is 0.375 e. The summed E-state index contributed by atoms with van der Waals surface area (Å²) >= 11 is 0. The fraction of sp³-hybridized carbons (Fsp3) is 0.385. The normalized spacial score (nSPS) is 13.2. The van der Waals surface area contributed by atoms with Crippen LogP contribution in [0.3, 0.4) is 0 Å². The number of aryl methyl sites for hydroxylation is 1. The summed E-state index contributed by atoms with van der Waals surface area (Å²) in [4.78, 5) is 0. The lowest BCUT2D eigenvalue weighted by Gasteiger charge is -2.17. The first kappa shape index (κ1) is 9.47. The molecule has 0 atom stereocenters. The van der Waals surface area contributed by atoms with E-state index in [1.807, 2.05) is 50.3 Å². The third-order valence-electron chi connectivity index (χ3n) is 2.18. The molecular weight excluding hydrogens is 172 g/mol. The van der Waals surface area contributed by atoms with Gasteiger partial charge in [0.1, 0.15) is 0 Å². The van der Waals surface area contributed by atoms with E-state index in [0.717, 1.165) is 11.1 Å². The number of ether oxygens (including phenoxy) is 1. The van der Waals surface area contributed by atoms with Crippen molar-refractivity contribution in [3.05, 3.63) is 41.5 Å². The summed E-state index contributed by atoms with van der Waals surface area (Å²) in [7, 11) is 1.70. The van der Waals surface area contributed by atoms with E-state index in [1.54, 1.807) is 7.11 Å². The maximum absolute atomic E-state index is 7.21. The van der Waals surface area contributed by atoms with Crippen LogP contribution in [0.5, 0.6) is 0 Å². The van der Waals surface area contributed by atoms with Crippen molar-refractivity contribution in [2.75, 3.05) is 7.11 Å². The third-order valence-corrected chi connectivity index (χ3v) is 2.18. The Hall–Kier alpha value is -1.08. The second-order valence-corrected chi connectivity index (χ2v) is 3.88. The molecule has 1 rings (SSSR count). The second kappa shape index (κ2) is 4.43. The van der Waals surface area contributed by atoms with Crippen molar-refractivity contribution in [3.8, 4) is 0 Å². The third kappa shape index (κ3) is 3.35. The lowest BCUT2D eigenvalue weighted by Crippen LogP contribution is -2.18. The Morgan fingerprint density at radius 2 is 1.93 bits per heavy atom. The van der Waals surface area contributed by atoms with Crippen LogP contribution in [0.4, 0.5) is 0 Å². The number of hydrogen-bond acceptors (Lipinski definition) is 1. The van der Waals surface area contributed by atoms with Crippen molar-refractivity contribution in [3.63, 3.8) is 0 Å². The zero-order valence-electron chi connectivity index (χ0n) is 10.1. The quantitative estimate of drug-likeness (QED) is 0.711. The molecule has 76 valence electrons. The summed E-state index contributed by atoms with van der Waals surface area (Å²) in [5.41, 5.74) is 1.95. The molecule has 0 unspecified atom stereocenters. The molecule has 0 heterocycles. The molecule has 0 radical (unpaired) electrons. The molecule has 0 N–H and O–H groups in total. The Bertz CT molecular complexity index is 325. The molecule has 0 amide bonds. The van der Waals surface area contributed by atoms with Crippen LogP contribution in [0.1, 0.15) is 26.3 Å². The van der Waals surface area contributed by atoms with E-state index in [-0.39, 0.29) is 5.60 Å². The van der Waals surface area contributed by atoms with Gasteiger partial charge in [-0.25, -0.2) is 0 Å². The van der Waals surface area contributed by atoms with E-state index in [4.69, 9.17) is 6.11 Å². The Balaban J connectivity index is 2.73. The van der Waals surface area contributed by atoms with Gasteiger partial charge in [0.05, 0.1) is 5.60 Å². The van der Waals surface area contributed by atoms with Gasteiger partial charge in [-0.05, 0) is 26.3 Å². The molecule has 1 aromatic carbocycles. The summed E-state index contributed by atoms with van der Waals surface area (Å²) in [5.74, 6) is 0. The molecule has 0 spiro atoms. The number of benzene rings is 1. The molecule has 0 fully saturated rings. The number of methoxy groups -OCH3 is 1. The first-order chi connectivity index (χ1) is 7.07. The van der Waals surface area contributed by atoms with Crippen molar-refractivity contribution >= 4 is 6.08 Å². The van der Waals surface area contributed by atoms with Crippen LogP contribution < -0.4 is 0 Å². The monoisotopic (exact) mass is 191 g/mol. The predicted octanol–water partition coefficient (Wildman–Crippen LogP) is 3.43. The molecule has 0 saturated carbocycles. The van der Waals surface area contributed by atoms with Gasteiger partial charge in [0.2, 0.25) is 0 Å². The van der Waals surface area contributed by atoms with Gasteiger partial charge in [0, 0.05) is 8.48 Å². The molecule has 0 aromatic heterocycles. The minimum absolute atomic E-state index is 0.228. The van der Waals surface area contributed by atoms with Crippen LogP contribution in [-0.2, 0) is 4.74 Å². The SMILES string of the molecule is [2H]Cc1ccc(/C=C/C(C)(C)OC)cc1. The maximum Gasteiger partial charge on any atom is 0.0805 e. The Morgan fingerprint density at radius 3 is 2.43 bits per heavy atom. The maximum atomic E-state index is 7.21. The van der Waals surface area contributed by atoms with Gasteiger partial charge in [0.15, 0.2) is 0 Å². The van der Waals surface area contributed by atoms with Crippen molar-refractivity contribution in [1.29, 1.82) is 0 Å². The van der Waals surface area contributed by atoms with Gasteiger partial charge >= 0.3 is 0 Å². The van der Waals surface area contributed by atoms with Gasteiger partial charge in [-0.15, -0.1) is 0 Å². The van der Waals surface area contributed by atoms with E-state index in [0.29, 0.717) is 6.90 Å². The molecule has 1 nitrogen and oxygen atoms in total. The van der Waals surface area contributed by atoms with Crippen molar-refractivity contribution in [2.45, 2.75) is 26.3 Å². The summed E-state index contributed by atoms with van der Waals surface area (Å²) in [6.45, 7) is 4.37. The smallest absolute Gasteiger partial charge is 0.0805 e. The van der Waals surface area contributed by atoms with Crippen molar-refractivity contribution < 1.29 is 6.11 Å². The first-order valence-corrected chi connectivity index (χ1v) is 4.70. The van der Waals surface area contributed by atoms with Crippen LogP contribution in [0.2, 0.25) is 0 Å². The predicted molar refractivity (Wildman–Crippen MR) is 61.3 cm³/mol. The molecule has 0 saturated heterocycles. The van der Waals surface area contributed by atoms with Crippen molar-refractivity contribution in [2.24, 2.45) is 0 Å². The summed E-state index contributed by atoms with van der Waals surface area (Å²) in [5, 5.41) is 0. The fourth-order valence-corrected chi connectivity index (χ4v) is 0.994. The summed E-state index contributed by atoms with van der Waals surface area (Å²) in [6.07, 6.45) is 4.07. The van der Waals surface area contributed by atoms with Crippen LogP contribution >= 0.6 is 0 Å². The van der Waals surface area contributed by atoms with Gasteiger partial charge in [-0.3, -0.25) is 0 Å². The topological polar surface area (TPSA) is 9.23 Å². The molecule has 1 aromatic rings. The lowest BCUT2D eigenvalue weighted by molar-refractivity contribution is 0.0663. The molecule has 0 aliphatic heterocycles. The Labute approximate surface area is 87.8 Å². The minimum Gasteiger partial charge on any atom is -0.375 e. The highest BCUT2D eigenvalue weighted by Gasteiger charge is 2.09. The minimum atomic E-state index is -0.228. The Kier molecular flexibility index (Phi) is 3.00. The zero-order chi connectivity index (χ0) is 11.3. The molecule has 1 heteroatoms. The zero-order valence-corrected chi connectivity index (χ0v) is 9.08.